The van der Waals surface area contributed by atoms with Gasteiger partial charge in [0.2, 0.25) is 11.8 Å². The summed E-state index contributed by atoms with van der Waals surface area (Å²) >= 11 is 0. The third kappa shape index (κ3) is 7.30. The summed E-state index contributed by atoms with van der Waals surface area (Å²) in [4.78, 5) is 27.2. The predicted molar refractivity (Wildman–Crippen MR) is 120 cm³/mol. The molecule has 5 heteroatoms. The smallest absolute Gasteiger partial charge is 0.222 e. The molecule has 0 aromatic heterocycles. The summed E-state index contributed by atoms with van der Waals surface area (Å²) in [5.74, 6) is 0.257. The van der Waals surface area contributed by atoms with Crippen molar-refractivity contribution in [1.29, 1.82) is 0 Å². The fourth-order valence-corrected chi connectivity index (χ4v) is 3.87. The number of hydrogen-bond acceptors (Lipinski definition) is 3. The average Bonchev–Trinajstić information content (AvgIpc) is 2.80. The fraction of sp³-hybridized carbons (Fsp3) is 0.440. The van der Waals surface area contributed by atoms with Gasteiger partial charge in [-0.05, 0) is 43.4 Å². The molecule has 0 spiro atoms. The van der Waals surface area contributed by atoms with Gasteiger partial charge in [0.25, 0.3) is 0 Å². The van der Waals surface area contributed by atoms with Crippen molar-refractivity contribution in [2.45, 2.75) is 44.6 Å². The summed E-state index contributed by atoms with van der Waals surface area (Å²) in [6.45, 7) is 2.91. The average molecular weight is 408 g/mol. The zero-order valence-corrected chi connectivity index (χ0v) is 17.7. The van der Waals surface area contributed by atoms with E-state index in [-0.39, 0.29) is 17.9 Å². The molecule has 5 nitrogen and oxygen atoms in total. The first-order chi connectivity index (χ1) is 14.7. The minimum Gasteiger partial charge on any atom is -0.356 e. The summed E-state index contributed by atoms with van der Waals surface area (Å²) in [5, 5.41) is 6.55. The summed E-state index contributed by atoms with van der Waals surface area (Å²) in [6, 6.07) is 20.3. The van der Waals surface area contributed by atoms with Crippen molar-refractivity contribution >= 4 is 11.8 Å². The molecule has 2 amide bonds. The van der Waals surface area contributed by atoms with Crippen LogP contribution in [0, 0.1) is 0 Å². The number of benzene rings is 2. The van der Waals surface area contributed by atoms with Crippen molar-refractivity contribution in [1.82, 2.24) is 15.5 Å². The molecule has 1 heterocycles. The summed E-state index contributed by atoms with van der Waals surface area (Å²) in [7, 11) is 0. The van der Waals surface area contributed by atoms with Crippen LogP contribution in [0.1, 0.15) is 49.3 Å². The second-order valence-corrected chi connectivity index (χ2v) is 7.90. The molecule has 160 valence electrons. The van der Waals surface area contributed by atoms with Crippen LogP contribution in [0.25, 0.3) is 0 Å². The summed E-state index contributed by atoms with van der Waals surface area (Å²) in [6.07, 6.45) is 4.47. The summed E-state index contributed by atoms with van der Waals surface area (Å²) < 4.78 is 0. The molecule has 0 saturated carbocycles. The van der Waals surface area contributed by atoms with Gasteiger partial charge in [0.15, 0.2) is 0 Å². The number of amides is 2. The highest BCUT2D eigenvalue weighted by Gasteiger charge is 2.17. The van der Waals surface area contributed by atoms with Crippen molar-refractivity contribution in [2.75, 3.05) is 26.2 Å². The highest BCUT2D eigenvalue weighted by molar-refractivity contribution is 5.77. The molecule has 1 aliphatic rings. The lowest BCUT2D eigenvalue weighted by Gasteiger charge is -2.23. The van der Waals surface area contributed by atoms with E-state index in [9.17, 15) is 9.59 Å². The lowest BCUT2D eigenvalue weighted by Crippen LogP contribution is -2.35. The van der Waals surface area contributed by atoms with Gasteiger partial charge in [0, 0.05) is 38.5 Å². The van der Waals surface area contributed by atoms with Crippen LogP contribution in [0.15, 0.2) is 60.7 Å². The minimum absolute atomic E-state index is 0.0237. The number of nitrogens with one attached hydrogen (secondary N) is 2. The monoisotopic (exact) mass is 407 g/mol. The lowest BCUT2D eigenvalue weighted by molar-refractivity contribution is -0.131. The van der Waals surface area contributed by atoms with E-state index >= 15 is 0 Å². The van der Waals surface area contributed by atoms with Crippen LogP contribution in [0.2, 0.25) is 0 Å². The fourth-order valence-electron chi connectivity index (χ4n) is 3.87. The van der Waals surface area contributed by atoms with Crippen LogP contribution in [-0.4, -0.2) is 42.9 Å². The molecule has 2 aromatic carbocycles. The van der Waals surface area contributed by atoms with E-state index in [0.29, 0.717) is 25.9 Å². The first-order valence-electron chi connectivity index (χ1n) is 11.1. The van der Waals surface area contributed by atoms with E-state index in [1.807, 2.05) is 41.3 Å². The van der Waals surface area contributed by atoms with Gasteiger partial charge in [-0.2, -0.15) is 0 Å². The maximum atomic E-state index is 12.8. The minimum atomic E-state index is 0.0237. The molecule has 1 unspecified atom stereocenters. The predicted octanol–water partition coefficient (Wildman–Crippen LogP) is 3.47. The zero-order chi connectivity index (χ0) is 21.0. The maximum absolute atomic E-state index is 12.8. The van der Waals surface area contributed by atoms with Crippen LogP contribution in [0.4, 0.5) is 0 Å². The Morgan fingerprint density at radius 2 is 1.60 bits per heavy atom. The van der Waals surface area contributed by atoms with Crippen LogP contribution in [0.3, 0.4) is 0 Å². The SMILES string of the molecule is O=C1CC(c2ccccc2)NCCCCN(C(=O)CCc2ccccc2)CCCN1. The third-order valence-electron chi connectivity index (χ3n) is 5.59. The Labute approximate surface area is 179 Å². The maximum Gasteiger partial charge on any atom is 0.222 e. The van der Waals surface area contributed by atoms with Gasteiger partial charge in [-0.1, -0.05) is 60.7 Å². The van der Waals surface area contributed by atoms with Gasteiger partial charge in [-0.3, -0.25) is 9.59 Å². The summed E-state index contributed by atoms with van der Waals surface area (Å²) in [5.41, 5.74) is 2.33. The quantitative estimate of drug-likeness (QED) is 0.816. The number of carbonyl (C=O) groups is 2. The van der Waals surface area contributed by atoms with Gasteiger partial charge in [0.05, 0.1) is 0 Å². The van der Waals surface area contributed by atoms with E-state index in [2.05, 4.69) is 34.9 Å². The first kappa shape index (κ1) is 22.0. The van der Waals surface area contributed by atoms with Gasteiger partial charge in [-0.15, -0.1) is 0 Å². The third-order valence-corrected chi connectivity index (χ3v) is 5.59. The normalized spacial score (nSPS) is 19.1. The Balaban J connectivity index is 1.54. The Bertz CT molecular complexity index is 779. The van der Waals surface area contributed by atoms with Crippen LogP contribution < -0.4 is 10.6 Å². The molecular formula is C25H33N3O2. The van der Waals surface area contributed by atoms with E-state index in [1.54, 1.807) is 0 Å². The van der Waals surface area contributed by atoms with Gasteiger partial charge >= 0.3 is 0 Å². The van der Waals surface area contributed by atoms with Crippen molar-refractivity contribution in [3.8, 4) is 0 Å². The number of hydrogen-bond donors (Lipinski definition) is 2. The number of rotatable bonds is 4. The topological polar surface area (TPSA) is 61.4 Å². The largest absolute Gasteiger partial charge is 0.356 e. The Hall–Kier alpha value is -2.66. The molecule has 3 rings (SSSR count). The first-order valence-corrected chi connectivity index (χ1v) is 11.1. The molecule has 0 aliphatic carbocycles. The standard InChI is InChI=1S/C25H33N3O2/c29-24-20-23(22-12-5-2-6-13-22)26-16-7-8-18-28(19-9-17-27-24)25(30)15-14-21-10-3-1-4-11-21/h1-6,10-13,23,26H,7-9,14-20H2,(H,27,29). The van der Waals surface area contributed by atoms with E-state index in [1.165, 1.54) is 5.56 Å². The number of nitrogens with zero attached hydrogens (tertiary/aromatic N) is 1. The highest BCUT2D eigenvalue weighted by atomic mass is 16.2. The number of carbonyl (C=O) groups excluding carboxylic acids is 2. The van der Waals surface area contributed by atoms with Crippen molar-refractivity contribution in [3.05, 3.63) is 71.8 Å². The second kappa shape index (κ2) is 12.1. The Morgan fingerprint density at radius 1 is 0.900 bits per heavy atom. The second-order valence-electron chi connectivity index (χ2n) is 7.90. The van der Waals surface area contributed by atoms with Crippen molar-refractivity contribution in [3.63, 3.8) is 0 Å². The highest BCUT2D eigenvalue weighted by Crippen LogP contribution is 2.17. The molecule has 0 bridgehead atoms. The Kier molecular flexibility index (Phi) is 8.91. The van der Waals surface area contributed by atoms with Crippen molar-refractivity contribution < 1.29 is 9.59 Å². The van der Waals surface area contributed by atoms with E-state index < -0.39 is 0 Å². The lowest BCUT2D eigenvalue weighted by atomic mass is 10.0. The molecule has 1 saturated heterocycles. The molecule has 1 fully saturated rings. The van der Waals surface area contributed by atoms with Crippen LogP contribution in [0.5, 0.6) is 0 Å². The van der Waals surface area contributed by atoms with E-state index in [4.69, 9.17) is 0 Å². The van der Waals surface area contributed by atoms with Crippen molar-refractivity contribution in [2.24, 2.45) is 0 Å². The van der Waals surface area contributed by atoms with E-state index in [0.717, 1.165) is 44.3 Å². The molecule has 30 heavy (non-hydrogen) atoms. The Morgan fingerprint density at radius 3 is 2.37 bits per heavy atom. The molecule has 1 aliphatic heterocycles. The van der Waals surface area contributed by atoms with Gasteiger partial charge in [0.1, 0.15) is 0 Å². The zero-order valence-electron chi connectivity index (χ0n) is 17.7. The molecule has 2 aromatic rings. The van der Waals surface area contributed by atoms with Crippen LogP contribution >= 0.6 is 0 Å². The van der Waals surface area contributed by atoms with Crippen LogP contribution in [-0.2, 0) is 16.0 Å². The molecular weight excluding hydrogens is 374 g/mol. The number of aryl methyl sites for hydroxylation is 1. The molecule has 1 atom stereocenters. The molecule has 2 N–H and O–H groups in total. The van der Waals surface area contributed by atoms with Gasteiger partial charge in [-0.25, -0.2) is 0 Å². The molecule has 0 radical (unpaired) electrons. The van der Waals surface area contributed by atoms with Gasteiger partial charge < -0.3 is 15.5 Å².